The second kappa shape index (κ2) is 7.94. The first kappa shape index (κ1) is 19.0. The summed E-state index contributed by atoms with van der Waals surface area (Å²) in [6.07, 6.45) is 3.36. The summed E-state index contributed by atoms with van der Waals surface area (Å²) in [5.41, 5.74) is 2.10. The van der Waals surface area contributed by atoms with E-state index >= 15 is 0 Å². The van der Waals surface area contributed by atoms with Crippen LogP contribution < -0.4 is 10.1 Å². The van der Waals surface area contributed by atoms with Gasteiger partial charge in [0.25, 0.3) is 5.91 Å². The van der Waals surface area contributed by atoms with E-state index in [1.165, 1.54) is 12.1 Å². The minimum Gasteiger partial charge on any atom is -0.488 e. The molecule has 0 atom stereocenters. The van der Waals surface area contributed by atoms with Crippen LogP contribution in [0.25, 0.3) is 6.08 Å². The molecule has 0 unspecified atom stereocenters. The zero-order valence-electron chi connectivity index (χ0n) is 15.3. The van der Waals surface area contributed by atoms with Gasteiger partial charge >= 0.3 is 0 Å². The van der Waals surface area contributed by atoms with Crippen LogP contribution in [0.1, 0.15) is 24.0 Å². The minimum absolute atomic E-state index is 0.168. The molecule has 2 aliphatic heterocycles. The summed E-state index contributed by atoms with van der Waals surface area (Å²) in [5, 5.41) is 3.65. The second-order valence-electron chi connectivity index (χ2n) is 7.22. The van der Waals surface area contributed by atoms with Crippen LogP contribution in [0.5, 0.6) is 5.75 Å². The van der Waals surface area contributed by atoms with Crippen molar-refractivity contribution in [1.82, 2.24) is 5.32 Å². The van der Waals surface area contributed by atoms with Crippen LogP contribution in [-0.2, 0) is 14.9 Å². The molecule has 6 heteroatoms. The molecule has 0 bridgehead atoms. The third-order valence-corrected chi connectivity index (χ3v) is 5.71. The van der Waals surface area contributed by atoms with Crippen molar-refractivity contribution < 1.29 is 18.7 Å². The molecule has 0 spiro atoms. The summed E-state index contributed by atoms with van der Waals surface area (Å²) in [4.78, 5) is 12.8. The maximum absolute atomic E-state index is 13.4. The number of carbonyl (C=O) groups excluding carboxylic acids is 1. The number of carbonyl (C=O) groups is 1. The Balaban J connectivity index is 1.51. The number of amides is 1. The number of nitrogens with one attached hydrogen (secondary N) is 1. The van der Waals surface area contributed by atoms with Gasteiger partial charge in [0.05, 0.1) is 5.57 Å². The van der Waals surface area contributed by atoms with E-state index in [1.807, 2.05) is 6.08 Å². The van der Waals surface area contributed by atoms with E-state index in [-0.39, 0.29) is 23.7 Å². The van der Waals surface area contributed by atoms with E-state index < -0.39 is 0 Å². The lowest BCUT2D eigenvalue weighted by Gasteiger charge is -2.38. The highest BCUT2D eigenvalue weighted by Crippen LogP contribution is 2.35. The van der Waals surface area contributed by atoms with Gasteiger partial charge in [0.2, 0.25) is 0 Å². The molecule has 2 aromatic rings. The largest absolute Gasteiger partial charge is 0.488 e. The number of fused-ring (bicyclic) bond motifs is 1. The Kier molecular flexibility index (Phi) is 5.38. The van der Waals surface area contributed by atoms with Crippen LogP contribution in [0.3, 0.4) is 0 Å². The summed E-state index contributed by atoms with van der Waals surface area (Å²) in [6.45, 7) is 1.91. The lowest BCUT2D eigenvalue weighted by Crippen LogP contribution is -2.45. The smallest absolute Gasteiger partial charge is 0.250 e. The van der Waals surface area contributed by atoms with Gasteiger partial charge in [0.15, 0.2) is 0 Å². The van der Waals surface area contributed by atoms with E-state index in [0.717, 1.165) is 24.0 Å². The van der Waals surface area contributed by atoms with Crippen molar-refractivity contribution in [2.75, 3.05) is 26.4 Å². The molecule has 0 aliphatic carbocycles. The van der Waals surface area contributed by atoms with Crippen molar-refractivity contribution in [3.63, 3.8) is 0 Å². The summed E-state index contributed by atoms with van der Waals surface area (Å²) in [7, 11) is 0. The van der Waals surface area contributed by atoms with Gasteiger partial charge in [-0.15, -0.1) is 0 Å². The fourth-order valence-corrected chi connectivity index (χ4v) is 3.96. The Morgan fingerprint density at radius 3 is 2.64 bits per heavy atom. The van der Waals surface area contributed by atoms with Gasteiger partial charge in [-0.25, -0.2) is 4.39 Å². The Labute approximate surface area is 168 Å². The number of ether oxygens (including phenoxy) is 2. The zero-order valence-corrected chi connectivity index (χ0v) is 16.1. The number of hydrogen-bond donors (Lipinski definition) is 1. The van der Waals surface area contributed by atoms with E-state index in [0.29, 0.717) is 36.1 Å². The molecule has 2 heterocycles. The fourth-order valence-electron chi connectivity index (χ4n) is 3.78. The van der Waals surface area contributed by atoms with Crippen molar-refractivity contribution in [1.29, 1.82) is 0 Å². The van der Waals surface area contributed by atoms with E-state index in [1.54, 1.807) is 30.3 Å². The quantitative estimate of drug-likeness (QED) is 0.838. The Morgan fingerprint density at radius 2 is 1.89 bits per heavy atom. The number of halogens is 2. The molecule has 0 saturated carbocycles. The molecule has 0 radical (unpaired) electrons. The van der Waals surface area contributed by atoms with E-state index in [4.69, 9.17) is 21.1 Å². The van der Waals surface area contributed by atoms with Gasteiger partial charge in [-0.2, -0.15) is 0 Å². The topological polar surface area (TPSA) is 47.6 Å². The molecule has 4 rings (SSSR count). The first-order valence-electron chi connectivity index (χ1n) is 9.31. The number of hydrogen-bond acceptors (Lipinski definition) is 3. The normalized spacial score (nSPS) is 17.9. The monoisotopic (exact) mass is 401 g/mol. The molecule has 0 aromatic heterocycles. The van der Waals surface area contributed by atoms with E-state index in [9.17, 15) is 9.18 Å². The second-order valence-corrected chi connectivity index (χ2v) is 7.66. The molecule has 146 valence electrons. The van der Waals surface area contributed by atoms with Gasteiger partial charge in [-0.05, 0) is 54.8 Å². The van der Waals surface area contributed by atoms with Crippen molar-refractivity contribution in [2.45, 2.75) is 18.3 Å². The molecule has 2 aliphatic rings. The number of benzene rings is 2. The average molecular weight is 402 g/mol. The summed E-state index contributed by atoms with van der Waals surface area (Å²) >= 11 is 6.04. The lowest BCUT2D eigenvalue weighted by atomic mass is 9.74. The Hall–Kier alpha value is -2.37. The van der Waals surface area contributed by atoms with Crippen LogP contribution >= 0.6 is 11.6 Å². The summed E-state index contributed by atoms with van der Waals surface area (Å²) < 4.78 is 24.6. The SMILES string of the molecule is O=C(NCC1(c2ccc(F)cc2)CCOCC1)C1=Cc2cc(Cl)ccc2OC1. The Bertz CT molecular complexity index is 904. The van der Waals surface area contributed by atoms with Crippen molar-refractivity contribution >= 4 is 23.6 Å². The zero-order chi connectivity index (χ0) is 19.6. The van der Waals surface area contributed by atoms with Crippen molar-refractivity contribution in [3.8, 4) is 5.75 Å². The third kappa shape index (κ3) is 3.91. The minimum atomic E-state index is -0.267. The Morgan fingerprint density at radius 1 is 1.14 bits per heavy atom. The predicted molar refractivity (Wildman–Crippen MR) is 106 cm³/mol. The molecule has 1 amide bonds. The van der Waals surface area contributed by atoms with Crippen LogP contribution in [-0.4, -0.2) is 32.3 Å². The standard InChI is InChI=1S/C22H21ClFNO3/c23-18-3-6-20-15(12-18)11-16(13-28-20)21(26)25-14-22(7-9-27-10-8-22)17-1-4-19(24)5-2-17/h1-6,11-12H,7-10,13-14H2,(H,25,26). The van der Waals surface area contributed by atoms with Crippen LogP contribution in [0.2, 0.25) is 5.02 Å². The van der Waals surface area contributed by atoms with Crippen LogP contribution in [0.15, 0.2) is 48.0 Å². The molecular weight excluding hydrogens is 381 g/mol. The first-order valence-corrected chi connectivity index (χ1v) is 9.68. The molecular formula is C22H21ClFNO3. The van der Waals surface area contributed by atoms with Gasteiger partial charge < -0.3 is 14.8 Å². The maximum Gasteiger partial charge on any atom is 0.250 e. The predicted octanol–water partition coefficient (Wildman–Crippen LogP) is 4.12. The van der Waals surface area contributed by atoms with Crippen LogP contribution in [0, 0.1) is 5.82 Å². The maximum atomic E-state index is 13.4. The lowest BCUT2D eigenvalue weighted by molar-refractivity contribution is -0.118. The molecule has 1 saturated heterocycles. The summed E-state index contributed by atoms with van der Waals surface area (Å²) in [6, 6.07) is 11.9. The molecule has 1 fully saturated rings. The highest BCUT2D eigenvalue weighted by molar-refractivity contribution is 6.30. The average Bonchev–Trinajstić information content (AvgIpc) is 2.72. The van der Waals surface area contributed by atoms with Gasteiger partial charge in [0, 0.05) is 35.8 Å². The molecule has 28 heavy (non-hydrogen) atoms. The third-order valence-electron chi connectivity index (χ3n) is 5.47. The van der Waals surface area contributed by atoms with Gasteiger partial charge in [-0.3, -0.25) is 4.79 Å². The van der Waals surface area contributed by atoms with Crippen molar-refractivity contribution in [3.05, 3.63) is 70.0 Å². The van der Waals surface area contributed by atoms with E-state index in [2.05, 4.69) is 5.32 Å². The van der Waals surface area contributed by atoms with Gasteiger partial charge in [0.1, 0.15) is 18.2 Å². The molecule has 2 aromatic carbocycles. The van der Waals surface area contributed by atoms with Crippen molar-refractivity contribution in [2.24, 2.45) is 0 Å². The molecule has 4 nitrogen and oxygen atoms in total. The number of rotatable bonds is 4. The highest BCUT2D eigenvalue weighted by Gasteiger charge is 2.35. The molecule has 1 N–H and O–H groups in total. The highest BCUT2D eigenvalue weighted by atomic mass is 35.5. The first-order chi connectivity index (χ1) is 13.6. The summed E-state index contributed by atoms with van der Waals surface area (Å²) in [5.74, 6) is 0.281. The van der Waals surface area contributed by atoms with Crippen LogP contribution in [0.4, 0.5) is 4.39 Å². The van der Waals surface area contributed by atoms with Gasteiger partial charge in [-0.1, -0.05) is 23.7 Å². The fraction of sp³-hybridized carbons (Fsp3) is 0.318.